The summed E-state index contributed by atoms with van der Waals surface area (Å²) in [5, 5.41) is 8.32. The van der Waals surface area contributed by atoms with E-state index < -0.39 is 10.0 Å². The number of nitrogens with one attached hydrogen (secondary N) is 1. The molecule has 0 fully saturated rings. The number of aromatic nitrogens is 3. The van der Waals surface area contributed by atoms with Crippen molar-refractivity contribution in [2.45, 2.75) is 33.0 Å². The van der Waals surface area contributed by atoms with Crippen LogP contribution >= 0.6 is 0 Å². The summed E-state index contributed by atoms with van der Waals surface area (Å²) < 4.78 is 32.5. The van der Waals surface area contributed by atoms with Crippen LogP contribution in [-0.4, -0.2) is 47.6 Å². The Morgan fingerprint density at radius 1 is 1.43 bits per heavy atom. The molecule has 0 aliphatic carbocycles. The summed E-state index contributed by atoms with van der Waals surface area (Å²) in [4.78, 5) is 2.26. The first-order chi connectivity index (χ1) is 10.8. The molecule has 1 atom stereocenters. The monoisotopic (exact) mass is 339 g/mol. The van der Waals surface area contributed by atoms with Crippen molar-refractivity contribution in [2.24, 2.45) is 0 Å². The van der Waals surface area contributed by atoms with Crippen molar-refractivity contribution in [3.8, 4) is 0 Å². The highest BCUT2D eigenvalue weighted by Gasteiger charge is 2.27. The molecule has 1 aliphatic heterocycles. The van der Waals surface area contributed by atoms with E-state index in [4.69, 9.17) is 4.52 Å². The first-order valence-electron chi connectivity index (χ1n) is 7.44. The second-order valence-electron chi connectivity index (χ2n) is 6.01. The van der Waals surface area contributed by atoms with Crippen LogP contribution in [0.4, 0.5) is 0 Å². The molecule has 0 saturated heterocycles. The van der Waals surface area contributed by atoms with E-state index >= 15 is 0 Å². The molecular formula is C14H21N5O3S. The summed E-state index contributed by atoms with van der Waals surface area (Å²) in [5.41, 5.74) is 3.06. The second-order valence-corrected chi connectivity index (χ2v) is 7.85. The third-order valence-corrected chi connectivity index (χ3v) is 4.79. The molecule has 0 unspecified atom stereocenters. The van der Waals surface area contributed by atoms with E-state index in [2.05, 4.69) is 19.9 Å². The van der Waals surface area contributed by atoms with Gasteiger partial charge in [0, 0.05) is 37.9 Å². The van der Waals surface area contributed by atoms with Gasteiger partial charge in [-0.05, 0) is 19.9 Å². The fourth-order valence-electron chi connectivity index (χ4n) is 2.93. The molecule has 0 spiro atoms. The van der Waals surface area contributed by atoms with Crippen LogP contribution < -0.4 is 4.72 Å². The summed E-state index contributed by atoms with van der Waals surface area (Å²) >= 11 is 0. The molecule has 8 nitrogen and oxygen atoms in total. The van der Waals surface area contributed by atoms with Crippen molar-refractivity contribution in [3.05, 3.63) is 35.0 Å². The molecule has 9 heteroatoms. The highest BCUT2D eigenvalue weighted by molar-refractivity contribution is 7.88. The zero-order chi connectivity index (χ0) is 16.6. The van der Waals surface area contributed by atoms with Crippen LogP contribution in [0.2, 0.25) is 0 Å². The first kappa shape index (κ1) is 16.2. The van der Waals surface area contributed by atoms with Crippen LogP contribution in [0, 0.1) is 13.8 Å². The predicted molar refractivity (Wildman–Crippen MR) is 84.2 cm³/mol. The Hall–Kier alpha value is -1.71. The summed E-state index contributed by atoms with van der Waals surface area (Å²) in [6, 6.07) is 1.93. The van der Waals surface area contributed by atoms with Crippen molar-refractivity contribution >= 4 is 10.0 Å². The molecule has 0 aromatic carbocycles. The zero-order valence-electron chi connectivity index (χ0n) is 13.5. The van der Waals surface area contributed by atoms with E-state index in [0.29, 0.717) is 13.1 Å². The van der Waals surface area contributed by atoms with Gasteiger partial charge in [0.25, 0.3) is 0 Å². The van der Waals surface area contributed by atoms with Gasteiger partial charge in [0.05, 0.1) is 23.7 Å². The van der Waals surface area contributed by atoms with Gasteiger partial charge in [0.2, 0.25) is 10.0 Å². The SMILES string of the molecule is Cc1noc(C)c1CN1Cc2ccnn2[C@@H](CNS(C)(=O)=O)C1. The Morgan fingerprint density at radius 3 is 2.87 bits per heavy atom. The summed E-state index contributed by atoms with van der Waals surface area (Å²) in [6.45, 7) is 6.36. The van der Waals surface area contributed by atoms with Crippen molar-refractivity contribution < 1.29 is 12.9 Å². The highest BCUT2D eigenvalue weighted by Crippen LogP contribution is 2.23. The van der Waals surface area contributed by atoms with Crippen LogP contribution in [0.15, 0.2) is 16.8 Å². The molecule has 126 valence electrons. The molecular weight excluding hydrogens is 318 g/mol. The van der Waals surface area contributed by atoms with Gasteiger partial charge in [-0.3, -0.25) is 9.58 Å². The maximum atomic E-state index is 11.4. The predicted octanol–water partition coefficient (Wildman–Crippen LogP) is 0.594. The van der Waals surface area contributed by atoms with Crippen LogP contribution in [-0.2, 0) is 23.1 Å². The van der Waals surface area contributed by atoms with Gasteiger partial charge < -0.3 is 4.52 Å². The van der Waals surface area contributed by atoms with Crippen LogP contribution in [0.5, 0.6) is 0 Å². The molecule has 0 radical (unpaired) electrons. The van der Waals surface area contributed by atoms with Crippen molar-refractivity contribution in [1.29, 1.82) is 0 Å². The zero-order valence-corrected chi connectivity index (χ0v) is 14.3. The molecule has 1 aliphatic rings. The maximum absolute atomic E-state index is 11.4. The van der Waals surface area contributed by atoms with Gasteiger partial charge in [0.1, 0.15) is 5.76 Å². The Bertz CT molecular complexity index is 776. The summed E-state index contributed by atoms with van der Waals surface area (Å²) in [7, 11) is -3.22. The largest absolute Gasteiger partial charge is 0.361 e. The Kier molecular flexibility index (Phi) is 4.26. The third-order valence-electron chi connectivity index (χ3n) is 4.10. The van der Waals surface area contributed by atoms with Gasteiger partial charge in [-0.25, -0.2) is 13.1 Å². The molecule has 1 N–H and O–H groups in total. The molecule has 23 heavy (non-hydrogen) atoms. The lowest BCUT2D eigenvalue weighted by Gasteiger charge is -2.33. The van der Waals surface area contributed by atoms with Gasteiger partial charge in [-0.1, -0.05) is 5.16 Å². The number of sulfonamides is 1. The molecule has 0 saturated carbocycles. The van der Waals surface area contributed by atoms with E-state index in [1.165, 1.54) is 6.26 Å². The number of fused-ring (bicyclic) bond motifs is 1. The second kappa shape index (κ2) is 6.06. The number of rotatable bonds is 5. The van der Waals surface area contributed by atoms with Crippen LogP contribution in [0.3, 0.4) is 0 Å². The lowest BCUT2D eigenvalue weighted by molar-refractivity contribution is 0.167. The summed E-state index contributed by atoms with van der Waals surface area (Å²) in [5.74, 6) is 0.826. The minimum atomic E-state index is -3.22. The smallest absolute Gasteiger partial charge is 0.208 e. The van der Waals surface area contributed by atoms with Gasteiger partial charge >= 0.3 is 0 Å². The molecule has 0 amide bonds. The quantitative estimate of drug-likeness (QED) is 0.857. The van der Waals surface area contributed by atoms with E-state index in [1.807, 2.05) is 24.6 Å². The van der Waals surface area contributed by atoms with Crippen LogP contribution in [0.1, 0.15) is 28.8 Å². The minimum Gasteiger partial charge on any atom is -0.361 e. The van der Waals surface area contributed by atoms with E-state index in [9.17, 15) is 8.42 Å². The Morgan fingerprint density at radius 2 is 2.22 bits per heavy atom. The first-order valence-corrected chi connectivity index (χ1v) is 9.34. The lowest BCUT2D eigenvalue weighted by Crippen LogP contribution is -2.42. The van der Waals surface area contributed by atoms with E-state index in [1.54, 1.807) is 6.20 Å². The molecule has 2 aromatic heterocycles. The fourth-order valence-corrected chi connectivity index (χ4v) is 3.43. The average Bonchev–Trinajstić information content (AvgIpc) is 3.05. The average molecular weight is 339 g/mol. The van der Waals surface area contributed by atoms with E-state index in [0.717, 1.165) is 35.8 Å². The molecule has 2 aromatic rings. The Balaban J connectivity index is 1.77. The van der Waals surface area contributed by atoms with Gasteiger partial charge in [-0.15, -0.1) is 0 Å². The Labute approximate surface area is 135 Å². The topological polar surface area (TPSA) is 93.3 Å². The molecule has 3 heterocycles. The highest BCUT2D eigenvalue weighted by atomic mass is 32.2. The van der Waals surface area contributed by atoms with Crippen molar-refractivity contribution in [1.82, 2.24) is 24.6 Å². The number of hydrogen-bond acceptors (Lipinski definition) is 6. The standard InChI is InChI=1S/C14H21N5O3S/c1-10-14(11(2)22-17-10)9-18-7-12-4-5-15-19(12)13(8-18)6-16-23(3,20)21/h4-5,13,16H,6-9H2,1-3H3/t13-/m0/s1. The summed E-state index contributed by atoms with van der Waals surface area (Å²) in [6.07, 6.45) is 2.92. The minimum absolute atomic E-state index is 0.0380. The van der Waals surface area contributed by atoms with Crippen molar-refractivity contribution in [3.63, 3.8) is 0 Å². The number of nitrogens with zero attached hydrogens (tertiary/aromatic N) is 4. The molecule has 3 rings (SSSR count). The van der Waals surface area contributed by atoms with Crippen molar-refractivity contribution in [2.75, 3.05) is 19.3 Å². The normalized spacial score (nSPS) is 19.0. The number of aryl methyl sites for hydroxylation is 2. The van der Waals surface area contributed by atoms with Gasteiger partial charge in [-0.2, -0.15) is 5.10 Å². The molecule has 0 bridgehead atoms. The third kappa shape index (κ3) is 3.62. The van der Waals surface area contributed by atoms with E-state index in [-0.39, 0.29) is 6.04 Å². The fraction of sp³-hybridized carbons (Fsp3) is 0.571. The number of hydrogen-bond donors (Lipinski definition) is 1. The van der Waals surface area contributed by atoms with Gasteiger partial charge in [0.15, 0.2) is 0 Å². The maximum Gasteiger partial charge on any atom is 0.208 e. The van der Waals surface area contributed by atoms with Crippen LogP contribution in [0.25, 0.3) is 0 Å². The lowest BCUT2D eigenvalue weighted by atomic mass is 10.1.